The van der Waals surface area contributed by atoms with Gasteiger partial charge in [0.15, 0.2) is 5.96 Å². The largest absolute Gasteiger partial charge is 0.370 e. The molecule has 0 aliphatic carbocycles. The van der Waals surface area contributed by atoms with Gasteiger partial charge >= 0.3 is 0 Å². The molecule has 2 aromatic carbocycles. The molecule has 12 heteroatoms. The van der Waals surface area contributed by atoms with E-state index in [4.69, 9.17) is 17.2 Å². The second kappa shape index (κ2) is 13.2. The molecule has 0 spiro atoms. The molecule has 1 fully saturated rings. The van der Waals surface area contributed by atoms with Crippen LogP contribution in [-0.4, -0.2) is 73.8 Å². The first-order chi connectivity index (χ1) is 17.7. The van der Waals surface area contributed by atoms with Crippen LogP contribution in [0.15, 0.2) is 65.7 Å². The number of sulfonamides is 1. The molecular weight excluding hydrogens is 494 g/mol. The van der Waals surface area contributed by atoms with Gasteiger partial charge in [-0.15, -0.1) is 0 Å². The van der Waals surface area contributed by atoms with E-state index in [0.29, 0.717) is 24.9 Å². The molecular formula is C25H35N7O4S. The van der Waals surface area contributed by atoms with Crippen LogP contribution in [-0.2, 0) is 31.8 Å². The predicted octanol–water partition coefficient (Wildman–Crippen LogP) is -0.273. The zero-order valence-corrected chi connectivity index (χ0v) is 21.5. The molecule has 1 aliphatic heterocycles. The van der Waals surface area contributed by atoms with E-state index in [9.17, 15) is 18.0 Å². The summed E-state index contributed by atoms with van der Waals surface area (Å²) in [5, 5.41) is 2.68. The third kappa shape index (κ3) is 8.55. The van der Waals surface area contributed by atoms with Gasteiger partial charge in [-0.3, -0.25) is 14.6 Å². The number of carbonyl (C=O) groups is 2. The van der Waals surface area contributed by atoms with Crippen LogP contribution in [0.4, 0.5) is 0 Å². The molecule has 0 aromatic heterocycles. The monoisotopic (exact) mass is 529 g/mol. The lowest BCUT2D eigenvalue weighted by Gasteiger charge is -2.39. The Morgan fingerprint density at radius 2 is 1.65 bits per heavy atom. The summed E-state index contributed by atoms with van der Waals surface area (Å²) >= 11 is 0. The van der Waals surface area contributed by atoms with E-state index in [2.05, 4.69) is 10.3 Å². The van der Waals surface area contributed by atoms with Crippen molar-refractivity contribution in [2.24, 2.45) is 22.2 Å². The van der Waals surface area contributed by atoms with Crippen LogP contribution in [0.2, 0.25) is 0 Å². The minimum Gasteiger partial charge on any atom is -0.370 e. The van der Waals surface area contributed by atoms with E-state index in [1.165, 1.54) is 9.21 Å². The Kier molecular flexibility index (Phi) is 10.0. The lowest BCUT2D eigenvalue weighted by molar-refractivity contribution is -0.142. The first kappa shape index (κ1) is 28.1. The van der Waals surface area contributed by atoms with Crippen LogP contribution in [0.5, 0.6) is 0 Å². The minimum atomic E-state index is -3.79. The summed E-state index contributed by atoms with van der Waals surface area (Å²) in [6.45, 7) is 0.380. The van der Waals surface area contributed by atoms with Crippen LogP contribution in [0.25, 0.3) is 0 Å². The minimum absolute atomic E-state index is 0.00824. The second-order valence-corrected chi connectivity index (χ2v) is 10.9. The zero-order chi connectivity index (χ0) is 26.8. The van der Waals surface area contributed by atoms with E-state index in [-0.39, 0.29) is 37.8 Å². The molecule has 2 aromatic rings. The Balaban J connectivity index is 1.68. The molecule has 3 rings (SSSR count). The van der Waals surface area contributed by atoms with Gasteiger partial charge < -0.3 is 27.4 Å². The Morgan fingerprint density at radius 1 is 1.03 bits per heavy atom. The topological polar surface area (TPSA) is 177 Å². The standard InChI is InChI=1S/C25H35N7O4S/c26-22(12-7-13-29-25(27)28)30-23(33)17-31-14-15-32(37(35,36)18-20-10-5-2-6-11-20)21(24(31)34)16-19-8-3-1-4-9-19/h1-6,8-11,21-22H,7,12-18,26H2,(H,30,33)(H4,27,28,29). The van der Waals surface area contributed by atoms with Gasteiger partial charge in [0.1, 0.15) is 6.04 Å². The van der Waals surface area contributed by atoms with Crippen molar-refractivity contribution in [3.05, 3.63) is 71.8 Å². The smallest absolute Gasteiger partial charge is 0.241 e. The van der Waals surface area contributed by atoms with Crippen LogP contribution in [0, 0.1) is 0 Å². The van der Waals surface area contributed by atoms with Crippen molar-refractivity contribution in [1.29, 1.82) is 0 Å². The lowest BCUT2D eigenvalue weighted by Crippen LogP contribution is -2.61. The maximum Gasteiger partial charge on any atom is 0.241 e. The number of guanidine groups is 1. The lowest BCUT2D eigenvalue weighted by atomic mass is 10.0. The summed E-state index contributed by atoms with van der Waals surface area (Å²) in [5.74, 6) is -1.04. The average molecular weight is 530 g/mol. The molecule has 2 unspecified atom stereocenters. The SMILES string of the molecule is NC(N)=NCCCC(N)NC(=O)CN1CCN(S(=O)(=O)Cc2ccccc2)C(Cc2ccccc2)C1=O. The van der Waals surface area contributed by atoms with E-state index in [0.717, 1.165) is 5.56 Å². The average Bonchev–Trinajstić information content (AvgIpc) is 2.85. The van der Waals surface area contributed by atoms with Crippen LogP contribution in [0.1, 0.15) is 24.0 Å². The molecule has 2 amide bonds. The van der Waals surface area contributed by atoms with Crippen molar-refractivity contribution in [3.63, 3.8) is 0 Å². The number of rotatable bonds is 12. The van der Waals surface area contributed by atoms with Gasteiger partial charge in [-0.05, 0) is 30.4 Å². The van der Waals surface area contributed by atoms with Crippen molar-refractivity contribution in [2.45, 2.75) is 37.2 Å². The van der Waals surface area contributed by atoms with Crippen molar-refractivity contribution in [1.82, 2.24) is 14.5 Å². The van der Waals surface area contributed by atoms with Crippen LogP contribution in [0.3, 0.4) is 0 Å². The highest BCUT2D eigenvalue weighted by Gasteiger charge is 2.41. The number of nitrogens with two attached hydrogens (primary N) is 3. The summed E-state index contributed by atoms with van der Waals surface area (Å²) < 4.78 is 28.0. The number of aliphatic imine (C=N–C) groups is 1. The molecule has 1 saturated heterocycles. The molecule has 0 saturated carbocycles. The summed E-state index contributed by atoms with van der Waals surface area (Å²) in [6, 6.07) is 17.1. The number of benzene rings is 2. The molecule has 1 aliphatic rings. The number of nitrogens with one attached hydrogen (secondary N) is 1. The first-order valence-electron chi connectivity index (χ1n) is 12.1. The van der Waals surface area contributed by atoms with Crippen LogP contribution >= 0.6 is 0 Å². The third-order valence-corrected chi connectivity index (χ3v) is 7.85. The zero-order valence-electron chi connectivity index (χ0n) is 20.7. The molecule has 200 valence electrons. The number of hydrogen-bond donors (Lipinski definition) is 4. The fourth-order valence-electron chi connectivity index (χ4n) is 4.22. The normalized spacial score (nSPS) is 17.3. The van der Waals surface area contributed by atoms with E-state index in [1.54, 1.807) is 24.3 Å². The van der Waals surface area contributed by atoms with Crippen molar-refractivity contribution < 1.29 is 18.0 Å². The quantitative estimate of drug-likeness (QED) is 0.126. The first-order valence-corrected chi connectivity index (χ1v) is 13.7. The number of piperazine rings is 1. The molecule has 2 atom stereocenters. The Bertz CT molecular complexity index is 1170. The highest BCUT2D eigenvalue weighted by Crippen LogP contribution is 2.22. The number of carbonyl (C=O) groups excluding carboxylic acids is 2. The maximum absolute atomic E-state index is 13.5. The van der Waals surface area contributed by atoms with Crippen molar-refractivity contribution in [2.75, 3.05) is 26.2 Å². The molecule has 7 N–H and O–H groups in total. The van der Waals surface area contributed by atoms with Gasteiger partial charge in [0.2, 0.25) is 21.8 Å². The van der Waals surface area contributed by atoms with Gasteiger partial charge in [-0.25, -0.2) is 8.42 Å². The number of amides is 2. The summed E-state index contributed by atoms with van der Waals surface area (Å²) in [7, 11) is -3.79. The van der Waals surface area contributed by atoms with Gasteiger partial charge in [0, 0.05) is 19.6 Å². The molecule has 0 radical (unpaired) electrons. The highest BCUT2D eigenvalue weighted by molar-refractivity contribution is 7.88. The van der Waals surface area contributed by atoms with E-state index in [1.807, 2.05) is 36.4 Å². The number of nitrogens with zero attached hydrogens (tertiary/aromatic N) is 3. The molecule has 11 nitrogen and oxygen atoms in total. The third-order valence-electron chi connectivity index (χ3n) is 6.00. The van der Waals surface area contributed by atoms with E-state index < -0.39 is 34.0 Å². The van der Waals surface area contributed by atoms with Gasteiger partial charge in [0.25, 0.3) is 0 Å². The Labute approximate surface area is 217 Å². The van der Waals surface area contributed by atoms with E-state index >= 15 is 0 Å². The Hall–Kier alpha value is -3.48. The maximum atomic E-state index is 13.5. The molecule has 1 heterocycles. The molecule has 0 bridgehead atoms. The predicted molar refractivity (Wildman–Crippen MR) is 142 cm³/mol. The second-order valence-electron chi connectivity index (χ2n) is 8.94. The highest BCUT2D eigenvalue weighted by atomic mass is 32.2. The summed E-state index contributed by atoms with van der Waals surface area (Å²) in [6.07, 6.45) is 0.619. The molecule has 37 heavy (non-hydrogen) atoms. The number of hydrogen-bond acceptors (Lipinski definition) is 6. The van der Waals surface area contributed by atoms with Gasteiger partial charge in [-0.2, -0.15) is 4.31 Å². The summed E-state index contributed by atoms with van der Waals surface area (Å²) in [4.78, 5) is 31.4. The van der Waals surface area contributed by atoms with Crippen molar-refractivity contribution >= 4 is 27.8 Å². The fourth-order valence-corrected chi connectivity index (χ4v) is 5.91. The van der Waals surface area contributed by atoms with Crippen molar-refractivity contribution in [3.8, 4) is 0 Å². The van der Waals surface area contributed by atoms with Gasteiger partial charge in [0.05, 0.1) is 18.5 Å². The van der Waals surface area contributed by atoms with Crippen LogP contribution < -0.4 is 22.5 Å². The Morgan fingerprint density at radius 3 is 2.27 bits per heavy atom. The fraction of sp³-hybridized carbons (Fsp3) is 0.400. The summed E-state index contributed by atoms with van der Waals surface area (Å²) in [5.41, 5.74) is 18.0. The van der Waals surface area contributed by atoms with Gasteiger partial charge in [-0.1, -0.05) is 60.7 Å².